The highest BCUT2D eigenvalue weighted by Gasteiger charge is 2.31. The van der Waals surface area contributed by atoms with Gasteiger partial charge in [-0.2, -0.15) is 5.26 Å². The molecule has 0 fully saturated rings. The van der Waals surface area contributed by atoms with Gasteiger partial charge in [-0.25, -0.2) is 0 Å². The summed E-state index contributed by atoms with van der Waals surface area (Å²) in [4.78, 5) is 0. The van der Waals surface area contributed by atoms with Crippen molar-refractivity contribution in [1.29, 1.82) is 5.26 Å². The van der Waals surface area contributed by atoms with Crippen LogP contribution < -0.4 is 0 Å². The number of nitrogens with zero attached hydrogens (tertiary/aromatic N) is 1. The molecule has 0 heterocycles. The van der Waals surface area contributed by atoms with Gasteiger partial charge in [0, 0.05) is 5.92 Å². The first-order valence-electron chi connectivity index (χ1n) is 7.83. The molecule has 0 radical (unpaired) electrons. The monoisotopic (exact) mass is 283 g/mol. The number of benzene rings is 3. The summed E-state index contributed by atoms with van der Waals surface area (Å²) in [6, 6.07) is 26.1. The zero-order valence-corrected chi connectivity index (χ0v) is 12.4. The summed E-state index contributed by atoms with van der Waals surface area (Å²) < 4.78 is 0. The predicted octanol–water partition coefficient (Wildman–Crippen LogP) is 5.06. The van der Waals surface area contributed by atoms with Crippen LogP contribution in [0.15, 0.2) is 66.7 Å². The zero-order chi connectivity index (χ0) is 14.9. The number of rotatable bonds is 1. The molecule has 0 saturated carbocycles. The number of nitriles is 1. The average Bonchev–Trinajstić information content (AvgIpc) is 2.60. The van der Waals surface area contributed by atoms with Crippen LogP contribution in [0.5, 0.6) is 0 Å². The van der Waals surface area contributed by atoms with Gasteiger partial charge in [0.2, 0.25) is 0 Å². The Hall–Kier alpha value is -2.59. The summed E-state index contributed by atoms with van der Waals surface area (Å²) in [6.45, 7) is 0. The van der Waals surface area contributed by atoms with Gasteiger partial charge < -0.3 is 0 Å². The highest BCUT2D eigenvalue weighted by atomic mass is 14.4. The zero-order valence-electron chi connectivity index (χ0n) is 12.4. The molecule has 4 rings (SSSR count). The van der Waals surface area contributed by atoms with Crippen LogP contribution in [-0.4, -0.2) is 0 Å². The Morgan fingerprint density at radius 1 is 0.818 bits per heavy atom. The van der Waals surface area contributed by atoms with Gasteiger partial charge in [-0.05, 0) is 40.3 Å². The molecule has 2 atom stereocenters. The van der Waals surface area contributed by atoms with E-state index in [0.717, 1.165) is 12.8 Å². The fraction of sp³-hybridized carbons (Fsp3) is 0.190. The van der Waals surface area contributed by atoms with E-state index in [1.54, 1.807) is 0 Å². The van der Waals surface area contributed by atoms with Crippen LogP contribution in [0.2, 0.25) is 0 Å². The minimum Gasteiger partial charge on any atom is -0.198 e. The van der Waals surface area contributed by atoms with Crippen molar-refractivity contribution in [2.45, 2.75) is 18.8 Å². The van der Waals surface area contributed by atoms with E-state index in [1.165, 1.54) is 27.5 Å². The molecule has 106 valence electrons. The Balaban J connectivity index is 1.98. The topological polar surface area (TPSA) is 23.8 Å². The molecule has 0 bridgehead atoms. The first-order chi connectivity index (χ1) is 10.9. The molecule has 0 aliphatic heterocycles. The molecule has 0 saturated heterocycles. The van der Waals surface area contributed by atoms with Crippen molar-refractivity contribution in [3.8, 4) is 6.07 Å². The van der Waals surface area contributed by atoms with Crippen LogP contribution in [0.1, 0.15) is 29.0 Å². The predicted molar refractivity (Wildman–Crippen MR) is 89.7 cm³/mol. The van der Waals surface area contributed by atoms with E-state index in [9.17, 15) is 5.26 Å². The second-order valence-corrected chi connectivity index (χ2v) is 6.02. The largest absolute Gasteiger partial charge is 0.198 e. The van der Waals surface area contributed by atoms with Gasteiger partial charge in [-0.1, -0.05) is 66.7 Å². The third kappa shape index (κ3) is 2.00. The quantitative estimate of drug-likeness (QED) is 0.612. The first-order valence-corrected chi connectivity index (χ1v) is 7.83. The molecule has 1 heteroatoms. The summed E-state index contributed by atoms with van der Waals surface area (Å²) in [5.74, 6) is 0.238. The summed E-state index contributed by atoms with van der Waals surface area (Å²) in [5, 5.41) is 12.2. The van der Waals surface area contributed by atoms with Gasteiger partial charge in [0.15, 0.2) is 0 Å². The van der Waals surface area contributed by atoms with Crippen LogP contribution in [0.3, 0.4) is 0 Å². The van der Waals surface area contributed by atoms with Gasteiger partial charge in [-0.3, -0.25) is 0 Å². The smallest absolute Gasteiger partial charge is 0.0665 e. The van der Waals surface area contributed by atoms with E-state index in [1.807, 2.05) is 0 Å². The summed E-state index contributed by atoms with van der Waals surface area (Å²) >= 11 is 0. The fourth-order valence-corrected chi connectivity index (χ4v) is 3.80. The van der Waals surface area contributed by atoms with E-state index in [4.69, 9.17) is 0 Å². The Labute approximate surface area is 130 Å². The lowest BCUT2D eigenvalue weighted by Crippen LogP contribution is -2.20. The molecule has 22 heavy (non-hydrogen) atoms. The van der Waals surface area contributed by atoms with Gasteiger partial charge in [0.1, 0.15) is 0 Å². The molecule has 1 nitrogen and oxygen atoms in total. The van der Waals surface area contributed by atoms with Crippen LogP contribution in [0, 0.1) is 17.2 Å². The molecular formula is C21H17N. The molecule has 0 amide bonds. The highest BCUT2D eigenvalue weighted by Crippen LogP contribution is 2.42. The molecule has 0 aromatic heterocycles. The summed E-state index contributed by atoms with van der Waals surface area (Å²) in [6.07, 6.45) is 1.96. The molecule has 1 aliphatic carbocycles. The lowest BCUT2D eigenvalue weighted by Gasteiger charge is -2.31. The summed E-state index contributed by atoms with van der Waals surface area (Å²) in [7, 11) is 0. The van der Waals surface area contributed by atoms with E-state index >= 15 is 0 Å². The van der Waals surface area contributed by atoms with Crippen molar-refractivity contribution in [3.63, 3.8) is 0 Å². The minimum atomic E-state index is 0.0562. The van der Waals surface area contributed by atoms with Crippen molar-refractivity contribution < 1.29 is 0 Å². The van der Waals surface area contributed by atoms with Crippen molar-refractivity contribution >= 4 is 10.8 Å². The summed E-state index contributed by atoms with van der Waals surface area (Å²) in [5.41, 5.74) is 4.01. The Bertz CT molecular complexity index is 867. The van der Waals surface area contributed by atoms with Crippen LogP contribution in [0.4, 0.5) is 0 Å². The molecule has 0 spiro atoms. The van der Waals surface area contributed by atoms with E-state index in [0.29, 0.717) is 0 Å². The fourth-order valence-electron chi connectivity index (χ4n) is 3.80. The Morgan fingerprint density at radius 2 is 1.55 bits per heavy atom. The van der Waals surface area contributed by atoms with Crippen molar-refractivity contribution in [2.24, 2.45) is 5.92 Å². The highest BCUT2D eigenvalue weighted by molar-refractivity contribution is 5.86. The molecule has 3 aromatic rings. The maximum atomic E-state index is 9.67. The van der Waals surface area contributed by atoms with Gasteiger partial charge >= 0.3 is 0 Å². The Kier molecular flexibility index (Phi) is 3.16. The van der Waals surface area contributed by atoms with Crippen molar-refractivity contribution in [3.05, 3.63) is 83.4 Å². The molecule has 0 N–H and O–H groups in total. The number of hydrogen-bond acceptors (Lipinski definition) is 1. The molecular weight excluding hydrogens is 266 g/mol. The van der Waals surface area contributed by atoms with Crippen molar-refractivity contribution in [1.82, 2.24) is 0 Å². The van der Waals surface area contributed by atoms with Crippen molar-refractivity contribution in [2.75, 3.05) is 0 Å². The second-order valence-electron chi connectivity index (χ2n) is 6.02. The van der Waals surface area contributed by atoms with Crippen LogP contribution in [-0.2, 0) is 6.42 Å². The maximum absolute atomic E-state index is 9.67. The second kappa shape index (κ2) is 5.31. The number of aryl methyl sites for hydroxylation is 1. The minimum absolute atomic E-state index is 0.0562. The SMILES string of the molecule is N#CC1CCc2ccccc2C1c1cccc2ccccc12. The third-order valence-electron chi connectivity index (χ3n) is 4.84. The lowest BCUT2D eigenvalue weighted by molar-refractivity contribution is 0.506. The Morgan fingerprint density at radius 3 is 2.45 bits per heavy atom. The van der Waals surface area contributed by atoms with E-state index in [2.05, 4.69) is 72.8 Å². The van der Waals surface area contributed by atoms with Gasteiger partial charge in [0.05, 0.1) is 12.0 Å². The third-order valence-corrected chi connectivity index (χ3v) is 4.84. The molecule has 1 aliphatic rings. The number of fused-ring (bicyclic) bond motifs is 2. The first kappa shape index (κ1) is 13.1. The normalized spacial score (nSPS) is 20.3. The van der Waals surface area contributed by atoms with Crippen LogP contribution in [0.25, 0.3) is 10.8 Å². The van der Waals surface area contributed by atoms with E-state index in [-0.39, 0.29) is 11.8 Å². The van der Waals surface area contributed by atoms with Gasteiger partial charge in [0.25, 0.3) is 0 Å². The maximum Gasteiger partial charge on any atom is 0.0665 e. The van der Waals surface area contributed by atoms with Gasteiger partial charge in [-0.15, -0.1) is 0 Å². The average molecular weight is 283 g/mol. The molecule has 2 unspecified atom stereocenters. The number of hydrogen-bond donors (Lipinski definition) is 0. The van der Waals surface area contributed by atoms with E-state index < -0.39 is 0 Å². The standard InChI is InChI=1S/C21H17N/c22-14-17-13-12-16-7-2-4-10-19(16)21(17)20-11-5-8-15-6-1-3-9-18(15)20/h1-11,17,21H,12-13H2. The lowest BCUT2D eigenvalue weighted by atomic mass is 9.71. The van der Waals surface area contributed by atoms with Crippen LogP contribution >= 0.6 is 0 Å². The molecule has 3 aromatic carbocycles.